The Kier molecular flexibility index (Phi) is 7.05. The average Bonchev–Trinajstić information content (AvgIpc) is 2.37. The van der Waals surface area contributed by atoms with E-state index in [1.54, 1.807) is 4.90 Å². The molecule has 1 aliphatic rings. The Hall–Kier alpha value is -0.910. The van der Waals surface area contributed by atoms with Gasteiger partial charge in [0.05, 0.1) is 5.92 Å². The van der Waals surface area contributed by atoms with Crippen LogP contribution in [0.4, 0.5) is 4.79 Å². The number of hydrogen-bond acceptors (Lipinski definition) is 3. The number of carboxylic acids is 1. The zero-order chi connectivity index (χ0) is 14.3. The first-order valence-electron chi connectivity index (χ1n) is 6.84. The third-order valence-corrected chi connectivity index (χ3v) is 4.50. The van der Waals surface area contributed by atoms with E-state index in [-0.39, 0.29) is 11.9 Å². The summed E-state index contributed by atoms with van der Waals surface area (Å²) in [6, 6.07) is -0.0611. The normalized spacial score (nSPS) is 16.7. The Morgan fingerprint density at radius 1 is 1.37 bits per heavy atom. The maximum absolute atomic E-state index is 11.8. The summed E-state index contributed by atoms with van der Waals surface area (Å²) in [6.45, 7) is 6.12. The van der Waals surface area contributed by atoms with Crippen LogP contribution in [0.5, 0.6) is 0 Å². The van der Waals surface area contributed by atoms with Crippen molar-refractivity contribution < 1.29 is 14.7 Å². The minimum absolute atomic E-state index is 0.0611. The molecule has 0 bridgehead atoms. The fourth-order valence-electron chi connectivity index (χ4n) is 1.99. The Morgan fingerprint density at radius 2 is 2.00 bits per heavy atom. The highest BCUT2D eigenvalue weighted by atomic mass is 32.2. The standard InChI is InChI=1S/C13H24N2O3S/c1-10(2)9-19-8-5-14-13(18)15-6-3-11(4-7-15)12(16)17/h10-11H,3-9H2,1-2H3,(H,14,18)(H,16,17). The highest BCUT2D eigenvalue weighted by Crippen LogP contribution is 2.17. The number of aliphatic carboxylic acids is 1. The predicted octanol–water partition coefficient (Wildman–Crippen LogP) is 1.88. The van der Waals surface area contributed by atoms with Crippen LogP contribution in [0.3, 0.4) is 0 Å². The molecule has 0 aromatic heterocycles. The number of rotatable bonds is 6. The number of carbonyl (C=O) groups is 2. The smallest absolute Gasteiger partial charge is 0.317 e. The maximum Gasteiger partial charge on any atom is 0.317 e. The molecule has 0 aromatic rings. The summed E-state index contributed by atoms with van der Waals surface area (Å²) in [6.07, 6.45) is 1.12. The van der Waals surface area contributed by atoms with Crippen molar-refractivity contribution in [3.63, 3.8) is 0 Å². The highest BCUT2D eigenvalue weighted by molar-refractivity contribution is 7.99. The molecule has 110 valence electrons. The number of hydrogen-bond donors (Lipinski definition) is 2. The van der Waals surface area contributed by atoms with Gasteiger partial charge in [0, 0.05) is 25.4 Å². The van der Waals surface area contributed by atoms with Crippen LogP contribution in [-0.4, -0.2) is 53.1 Å². The number of carboxylic acid groups (broad SMARTS) is 1. The summed E-state index contributed by atoms with van der Waals surface area (Å²) < 4.78 is 0. The molecule has 1 heterocycles. The third-order valence-electron chi connectivity index (χ3n) is 3.11. The molecule has 0 spiro atoms. The van der Waals surface area contributed by atoms with Crippen LogP contribution in [0.1, 0.15) is 26.7 Å². The average molecular weight is 288 g/mol. The van der Waals surface area contributed by atoms with Crippen LogP contribution < -0.4 is 5.32 Å². The molecular formula is C13H24N2O3S. The van der Waals surface area contributed by atoms with E-state index in [1.165, 1.54) is 0 Å². The largest absolute Gasteiger partial charge is 0.481 e. The molecule has 0 atom stereocenters. The van der Waals surface area contributed by atoms with E-state index < -0.39 is 5.97 Å². The van der Waals surface area contributed by atoms with E-state index in [4.69, 9.17) is 5.11 Å². The third kappa shape index (κ3) is 6.18. The summed E-state index contributed by atoms with van der Waals surface area (Å²) in [7, 11) is 0. The van der Waals surface area contributed by atoms with E-state index in [1.807, 2.05) is 11.8 Å². The Morgan fingerprint density at radius 3 is 2.53 bits per heavy atom. The molecule has 6 heteroatoms. The highest BCUT2D eigenvalue weighted by Gasteiger charge is 2.26. The van der Waals surface area contributed by atoms with Gasteiger partial charge in [0.2, 0.25) is 0 Å². The second kappa shape index (κ2) is 8.30. The number of carbonyl (C=O) groups excluding carboxylic acids is 1. The van der Waals surface area contributed by atoms with Gasteiger partial charge in [0.15, 0.2) is 0 Å². The van der Waals surface area contributed by atoms with Crippen molar-refractivity contribution in [2.75, 3.05) is 31.1 Å². The minimum Gasteiger partial charge on any atom is -0.481 e. The van der Waals surface area contributed by atoms with Crippen molar-refractivity contribution >= 4 is 23.8 Å². The van der Waals surface area contributed by atoms with Gasteiger partial charge in [-0.25, -0.2) is 4.79 Å². The summed E-state index contributed by atoms with van der Waals surface area (Å²) in [5.41, 5.74) is 0. The lowest BCUT2D eigenvalue weighted by molar-refractivity contribution is -0.143. The van der Waals surface area contributed by atoms with Gasteiger partial charge in [-0.2, -0.15) is 11.8 Å². The van der Waals surface area contributed by atoms with E-state index in [0.717, 1.165) is 11.5 Å². The molecule has 1 rings (SSSR count). The summed E-state index contributed by atoms with van der Waals surface area (Å²) in [5, 5.41) is 11.8. The topological polar surface area (TPSA) is 69.6 Å². The van der Waals surface area contributed by atoms with E-state index in [2.05, 4.69) is 19.2 Å². The van der Waals surface area contributed by atoms with Crippen molar-refractivity contribution in [2.45, 2.75) is 26.7 Å². The molecule has 1 fully saturated rings. The van der Waals surface area contributed by atoms with Crippen molar-refractivity contribution in [2.24, 2.45) is 11.8 Å². The van der Waals surface area contributed by atoms with Gasteiger partial charge < -0.3 is 15.3 Å². The lowest BCUT2D eigenvalue weighted by Gasteiger charge is -2.30. The van der Waals surface area contributed by atoms with Crippen LogP contribution >= 0.6 is 11.8 Å². The molecule has 2 amide bonds. The fraction of sp³-hybridized carbons (Fsp3) is 0.846. The van der Waals surface area contributed by atoms with Gasteiger partial charge in [-0.3, -0.25) is 4.79 Å². The fourth-order valence-corrected chi connectivity index (χ4v) is 2.87. The first kappa shape index (κ1) is 16.1. The summed E-state index contributed by atoms with van der Waals surface area (Å²) >= 11 is 1.84. The molecule has 19 heavy (non-hydrogen) atoms. The van der Waals surface area contributed by atoms with Gasteiger partial charge in [-0.15, -0.1) is 0 Å². The van der Waals surface area contributed by atoms with Crippen molar-refractivity contribution in [1.82, 2.24) is 10.2 Å². The van der Waals surface area contributed by atoms with Gasteiger partial charge in [0.25, 0.3) is 0 Å². The molecule has 1 saturated heterocycles. The number of amides is 2. The molecule has 0 aliphatic carbocycles. The maximum atomic E-state index is 11.8. The van der Waals surface area contributed by atoms with Crippen LogP contribution in [-0.2, 0) is 4.79 Å². The predicted molar refractivity (Wildman–Crippen MR) is 77.5 cm³/mol. The van der Waals surface area contributed by atoms with Crippen molar-refractivity contribution in [3.05, 3.63) is 0 Å². The minimum atomic E-state index is -0.745. The number of likely N-dealkylation sites (tertiary alicyclic amines) is 1. The molecule has 5 nitrogen and oxygen atoms in total. The number of urea groups is 1. The number of nitrogens with one attached hydrogen (secondary N) is 1. The lowest BCUT2D eigenvalue weighted by atomic mass is 9.97. The molecule has 1 aliphatic heterocycles. The Bertz CT molecular complexity index is 302. The zero-order valence-corrected chi connectivity index (χ0v) is 12.5. The molecular weight excluding hydrogens is 264 g/mol. The first-order valence-corrected chi connectivity index (χ1v) is 7.99. The number of thioether (sulfide) groups is 1. The number of nitrogens with zero attached hydrogens (tertiary/aromatic N) is 1. The quantitative estimate of drug-likeness (QED) is 0.732. The van der Waals surface area contributed by atoms with Gasteiger partial charge in [-0.1, -0.05) is 13.8 Å². The molecule has 0 saturated carbocycles. The van der Waals surface area contributed by atoms with Gasteiger partial charge in [-0.05, 0) is 24.5 Å². The SMILES string of the molecule is CC(C)CSCCNC(=O)N1CCC(C(=O)O)CC1. The lowest BCUT2D eigenvalue weighted by Crippen LogP contribution is -2.46. The molecule has 0 radical (unpaired) electrons. The summed E-state index contributed by atoms with van der Waals surface area (Å²) in [5.74, 6) is 1.68. The Balaban J connectivity index is 2.12. The molecule has 2 N–H and O–H groups in total. The van der Waals surface area contributed by atoms with E-state index >= 15 is 0 Å². The second-order valence-electron chi connectivity index (χ2n) is 5.30. The monoisotopic (exact) mass is 288 g/mol. The molecule has 0 unspecified atom stereocenters. The van der Waals surface area contributed by atoms with E-state index in [9.17, 15) is 9.59 Å². The van der Waals surface area contributed by atoms with Crippen LogP contribution in [0, 0.1) is 11.8 Å². The second-order valence-corrected chi connectivity index (χ2v) is 6.45. The van der Waals surface area contributed by atoms with Crippen LogP contribution in [0.25, 0.3) is 0 Å². The van der Waals surface area contributed by atoms with Crippen LogP contribution in [0.2, 0.25) is 0 Å². The number of piperidine rings is 1. The van der Waals surface area contributed by atoms with Crippen molar-refractivity contribution in [3.8, 4) is 0 Å². The van der Waals surface area contributed by atoms with Crippen molar-refractivity contribution in [1.29, 1.82) is 0 Å². The molecule has 0 aromatic carbocycles. The zero-order valence-electron chi connectivity index (χ0n) is 11.7. The van der Waals surface area contributed by atoms with Gasteiger partial charge >= 0.3 is 12.0 Å². The first-order chi connectivity index (χ1) is 9.00. The van der Waals surface area contributed by atoms with E-state index in [0.29, 0.717) is 38.4 Å². The summed E-state index contributed by atoms with van der Waals surface area (Å²) in [4.78, 5) is 24.4. The Labute approximate surface area is 119 Å². The van der Waals surface area contributed by atoms with Gasteiger partial charge in [0.1, 0.15) is 0 Å². The van der Waals surface area contributed by atoms with Crippen LogP contribution in [0.15, 0.2) is 0 Å².